The number of aryl methyl sites for hydroxylation is 1. The van der Waals surface area contributed by atoms with Gasteiger partial charge in [-0.1, -0.05) is 58.4 Å². The van der Waals surface area contributed by atoms with Gasteiger partial charge in [-0.05, 0) is 60.9 Å². The van der Waals surface area contributed by atoms with Gasteiger partial charge >= 0.3 is 0 Å². The van der Waals surface area contributed by atoms with Gasteiger partial charge in [0.05, 0.1) is 4.91 Å². The zero-order valence-electron chi connectivity index (χ0n) is 17.6. The van der Waals surface area contributed by atoms with Crippen LogP contribution in [-0.4, -0.2) is 24.2 Å². The van der Waals surface area contributed by atoms with E-state index in [1.807, 2.05) is 6.08 Å². The van der Waals surface area contributed by atoms with Crippen LogP contribution < -0.4 is 10.2 Å². The fraction of sp³-hybridized carbons (Fsp3) is 0.565. The number of rotatable bonds is 12. The lowest BCUT2D eigenvalue weighted by Crippen LogP contribution is -2.25. The van der Waals surface area contributed by atoms with Crippen molar-refractivity contribution < 1.29 is 9.59 Å². The standard InChI is InChI=1S/C23H34N2O2S/c1-4-6-8-10-14-25(15-11-9-7-5-2)20-13-12-19(18(3)16-20)17-21-22(26)24-23(27)28-21/h12-13,16-17H,4-11,14-15H2,1-3H3,(H,24,26,27)/b21-17+. The Balaban J connectivity index is 2.09. The lowest BCUT2D eigenvalue weighted by atomic mass is 10.1. The van der Waals surface area contributed by atoms with Gasteiger partial charge in [0.2, 0.25) is 0 Å². The Morgan fingerprint density at radius 3 is 2.11 bits per heavy atom. The van der Waals surface area contributed by atoms with Crippen molar-refractivity contribution in [2.75, 3.05) is 18.0 Å². The van der Waals surface area contributed by atoms with Crippen LogP contribution in [0.2, 0.25) is 0 Å². The molecule has 0 atom stereocenters. The Labute approximate surface area is 174 Å². The molecule has 1 aromatic carbocycles. The summed E-state index contributed by atoms with van der Waals surface area (Å²) < 4.78 is 0. The number of imide groups is 1. The summed E-state index contributed by atoms with van der Waals surface area (Å²) in [7, 11) is 0. The number of hydrogen-bond donors (Lipinski definition) is 1. The normalized spacial score (nSPS) is 15.3. The predicted molar refractivity (Wildman–Crippen MR) is 121 cm³/mol. The van der Waals surface area contributed by atoms with E-state index >= 15 is 0 Å². The minimum atomic E-state index is -0.299. The molecule has 2 amide bonds. The second-order valence-corrected chi connectivity index (χ2v) is 8.52. The number of nitrogens with zero attached hydrogens (tertiary/aromatic N) is 1. The topological polar surface area (TPSA) is 49.4 Å². The molecular formula is C23H34N2O2S. The maximum absolute atomic E-state index is 11.8. The maximum atomic E-state index is 11.8. The molecule has 0 aliphatic carbocycles. The van der Waals surface area contributed by atoms with Crippen molar-refractivity contribution in [3.05, 3.63) is 34.2 Å². The lowest BCUT2D eigenvalue weighted by Gasteiger charge is -2.26. The average molecular weight is 403 g/mol. The van der Waals surface area contributed by atoms with E-state index in [0.717, 1.165) is 36.0 Å². The van der Waals surface area contributed by atoms with Crippen LogP contribution in [0.15, 0.2) is 23.1 Å². The monoisotopic (exact) mass is 402 g/mol. The van der Waals surface area contributed by atoms with E-state index < -0.39 is 0 Å². The third-order valence-electron chi connectivity index (χ3n) is 5.11. The first kappa shape index (κ1) is 22.5. The molecule has 1 N–H and O–H groups in total. The lowest BCUT2D eigenvalue weighted by molar-refractivity contribution is -0.115. The Kier molecular flexibility index (Phi) is 9.62. The molecule has 0 spiro atoms. The Morgan fingerprint density at radius 2 is 1.61 bits per heavy atom. The summed E-state index contributed by atoms with van der Waals surface area (Å²) in [6.07, 6.45) is 12.0. The van der Waals surface area contributed by atoms with Gasteiger partial charge in [0.1, 0.15) is 0 Å². The van der Waals surface area contributed by atoms with Gasteiger partial charge in [0.15, 0.2) is 0 Å². The van der Waals surface area contributed by atoms with Crippen LogP contribution in [0.25, 0.3) is 6.08 Å². The summed E-state index contributed by atoms with van der Waals surface area (Å²) in [5.74, 6) is -0.299. The van der Waals surface area contributed by atoms with Crippen molar-refractivity contribution in [1.29, 1.82) is 0 Å². The highest BCUT2D eigenvalue weighted by Crippen LogP contribution is 2.28. The second-order valence-electron chi connectivity index (χ2n) is 7.50. The number of thioether (sulfide) groups is 1. The van der Waals surface area contributed by atoms with Gasteiger partial charge in [0.25, 0.3) is 11.1 Å². The van der Waals surface area contributed by atoms with Gasteiger partial charge in [-0.25, -0.2) is 0 Å². The quantitative estimate of drug-likeness (QED) is 0.330. The molecule has 0 aromatic heterocycles. The SMILES string of the molecule is CCCCCCN(CCCCCC)c1ccc(/C=C2/SC(=O)NC2=O)c(C)c1. The fourth-order valence-corrected chi connectivity index (χ4v) is 4.08. The van der Waals surface area contributed by atoms with Crippen LogP contribution in [0.1, 0.15) is 76.3 Å². The van der Waals surface area contributed by atoms with Crippen molar-refractivity contribution in [2.24, 2.45) is 0 Å². The molecule has 1 aromatic rings. The third kappa shape index (κ3) is 7.01. The number of benzene rings is 1. The molecule has 0 saturated carbocycles. The van der Waals surface area contributed by atoms with Gasteiger partial charge in [-0.3, -0.25) is 14.9 Å². The molecule has 2 rings (SSSR count). The Morgan fingerprint density at radius 1 is 0.964 bits per heavy atom. The summed E-state index contributed by atoms with van der Waals surface area (Å²) in [5.41, 5.74) is 3.38. The second kappa shape index (κ2) is 11.9. The Bertz CT molecular complexity index is 688. The van der Waals surface area contributed by atoms with Crippen LogP contribution in [0, 0.1) is 6.92 Å². The number of unbranched alkanes of at least 4 members (excludes halogenated alkanes) is 6. The molecule has 5 heteroatoms. The number of amides is 2. The molecule has 1 fully saturated rings. The van der Waals surface area contributed by atoms with E-state index in [9.17, 15) is 9.59 Å². The molecule has 1 saturated heterocycles. The van der Waals surface area contributed by atoms with Crippen molar-refractivity contribution in [1.82, 2.24) is 5.32 Å². The minimum absolute atomic E-state index is 0.296. The first-order valence-electron chi connectivity index (χ1n) is 10.7. The summed E-state index contributed by atoms with van der Waals surface area (Å²) >= 11 is 0.970. The van der Waals surface area contributed by atoms with Crippen LogP contribution in [0.3, 0.4) is 0 Å². The maximum Gasteiger partial charge on any atom is 0.290 e. The minimum Gasteiger partial charge on any atom is -0.372 e. The molecule has 28 heavy (non-hydrogen) atoms. The highest BCUT2D eigenvalue weighted by Gasteiger charge is 2.25. The zero-order valence-corrected chi connectivity index (χ0v) is 18.4. The van der Waals surface area contributed by atoms with Crippen LogP contribution in [0.5, 0.6) is 0 Å². The number of nitrogens with one attached hydrogen (secondary N) is 1. The number of carbonyl (C=O) groups excluding carboxylic acids is 2. The fourth-order valence-electron chi connectivity index (χ4n) is 3.41. The molecule has 0 unspecified atom stereocenters. The molecule has 1 aliphatic rings. The van der Waals surface area contributed by atoms with E-state index in [2.05, 4.69) is 49.2 Å². The van der Waals surface area contributed by atoms with Crippen molar-refractivity contribution in [2.45, 2.75) is 72.1 Å². The summed E-state index contributed by atoms with van der Waals surface area (Å²) in [6.45, 7) is 8.75. The smallest absolute Gasteiger partial charge is 0.290 e. The zero-order chi connectivity index (χ0) is 20.4. The first-order chi connectivity index (χ1) is 13.5. The first-order valence-corrected chi connectivity index (χ1v) is 11.5. The van der Waals surface area contributed by atoms with Crippen LogP contribution >= 0.6 is 11.8 Å². The van der Waals surface area contributed by atoms with Gasteiger partial charge < -0.3 is 4.90 Å². The number of hydrogen-bond acceptors (Lipinski definition) is 4. The highest BCUT2D eigenvalue weighted by molar-refractivity contribution is 8.18. The van der Waals surface area contributed by atoms with Crippen molar-refractivity contribution in [3.8, 4) is 0 Å². The highest BCUT2D eigenvalue weighted by atomic mass is 32.2. The Hall–Kier alpha value is -1.75. The van der Waals surface area contributed by atoms with Crippen LogP contribution in [-0.2, 0) is 4.79 Å². The van der Waals surface area contributed by atoms with Crippen molar-refractivity contribution >= 4 is 34.7 Å². The summed E-state index contributed by atoms with van der Waals surface area (Å²) in [6, 6.07) is 6.43. The van der Waals surface area contributed by atoms with Crippen LogP contribution in [0.4, 0.5) is 10.5 Å². The van der Waals surface area contributed by atoms with Crippen molar-refractivity contribution in [3.63, 3.8) is 0 Å². The molecule has 0 bridgehead atoms. The van der Waals surface area contributed by atoms with E-state index in [1.165, 1.54) is 57.1 Å². The van der Waals surface area contributed by atoms with E-state index in [0.29, 0.717) is 4.91 Å². The largest absolute Gasteiger partial charge is 0.372 e. The van der Waals surface area contributed by atoms with Gasteiger partial charge in [-0.2, -0.15) is 0 Å². The molecule has 4 nitrogen and oxygen atoms in total. The average Bonchev–Trinajstić information content (AvgIpc) is 2.99. The molecule has 1 heterocycles. The molecular weight excluding hydrogens is 368 g/mol. The number of anilines is 1. The van der Waals surface area contributed by atoms with Gasteiger partial charge in [-0.15, -0.1) is 0 Å². The predicted octanol–water partition coefficient (Wildman–Crippen LogP) is 6.29. The van der Waals surface area contributed by atoms with E-state index in [4.69, 9.17) is 0 Å². The molecule has 1 aliphatic heterocycles. The third-order valence-corrected chi connectivity index (χ3v) is 5.92. The van der Waals surface area contributed by atoms with E-state index in [1.54, 1.807) is 0 Å². The summed E-state index contributed by atoms with van der Waals surface area (Å²) in [5, 5.41) is 2.02. The summed E-state index contributed by atoms with van der Waals surface area (Å²) in [4.78, 5) is 26.1. The molecule has 154 valence electrons. The van der Waals surface area contributed by atoms with Gasteiger partial charge in [0, 0.05) is 18.8 Å². The van der Waals surface area contributed by atoms with E-state index in [-0.39, 0.29) is 11.1 Å². The number of carbonyl (C=O) groups is 2. The molecule has 0 radical (unpaired) electrons.